The van der Waals surface area contributed by atoms with Crippen LogP contribution in [0.4, 0.5) is 0 Å². The van der Waals surface area contributed by atoms with Gasteiger partial charge >= 0.3 is 0 Å². The Labute approximate surface area is 97.6 Å². The highest BCUT2D eigenvalue weighted by Gasteiger charge is 2.40. The number of hydrogen-bond donors (Lipinski definition) is 1. The van der Waals surface area contributed by atoms with Gasteiger partial charge < -0.3 is 4.74 Å². The van der Waals surface area contributed by atoms with Gasteiger partial charge in [0.2, 0.25) is 10.0 Å². The first-order valence-electron chi connectivity index (χ1n) is 6.17. The summed E-state index contributed by atoms with van der Waals surface area (Å²) in [6.07, 6.45) is 8.85. The molecular weight excluding hydrogens is 226 g/mol. The van der Waals surface area contributed by atoms with Gasteiger partial charge in [-0.3, -0.25) is 0 Å². The van der Waals surface area contributed by atoms with E-state index in [1.54, 1.807) is 0 Å². The van der Waals surface area contributed by atoms with E-state index in [4.69, 9.17) is 9.88 Å². The Hall–Kier alpha value is -0.130. The van der Waals surface area contributed by atoms with E-state index in [1.807, 2.05) is 0 Å². The molecule has 1 heterocycles. The van der Waals surface area contributed by atoms with Crippen LogP contribution >= 0.6 is 0 Å². The molecule has 1 spiro atoms. The van der Waals surface area contributed by atoms with Crippen molar-refractivity contribution >= 4 is 10.0 Å². The Morgan fingerprint density at radius 2 is 1.75 bits per heavy atom. The molecule has 16 heavy (non-hydrogen) atoms. The highest BCUT2D eigenvalue weighted by atomic mass is 32.2. The lowest BCUT2D eigenvalue weighted by Crippen LogP contribution is -2.32. The quantitative estimate of drug-likeness (QED) is 0.805. The summed E-state index contributed by atoms with van der Waals surface area (Å²) < 4.78 is 28.0. The van der Waals surface area contributed by atoms with Crippen molar-refractivity contribution in [3.05, 3.63) is 0 Å². The highest BCUT2D eigenvalue weighted by Crippen LogP contribution is 2.41. The van der Waals surface area contributed by atoms with E-state index in [9.17, 15) is 8.42 Å². The molecule has 0 radical (unpaired) electrons. The Balaban J connectivity index is 1.95. The van der Waals surface area contributed by atoms with E-state index in [0.717, 1.165) is 25.7 Å². The number of primary sulfonamides is 1. The lowest BCUT2D eigenvalue weighted by molar-refractivity contribution is -0.0425. The smallest absolute Gasteiger partial charge is 0.211 e. The van der Waals surface area contributed by atoms with Crippen LogP contribution in [0.5, 0.6) is 0 Å². The van der Waals surface area contributed by atoms with Gasteiger partial charge in [-0.2, -0.15) is 0 Å². The molecule has 0 aromatic carbocycles. The van der Waals surface area contributed by atoms with Crippen LogP contribution in [0.2, 0.25) is 0 Å². The van der Waals surface area contributed by atoms with E-state index in [0.29, 0.717) is 0 Å². The predicted octanol–water partition coefficient (Wildman–Crippen LogP) is 1.55. The van der Waals surface area contributed by atoms with Crippen LogP contribution in [0, 0.1) is 0 Å². The molecule has 0 aromatic rings. The number of ether oxygens (including phenoxy) is 1. The molecular formula is C11H21NO3S. The largest absolute Gasteiger partial charge is 0.371 e. The van der Waals surface area contributed by atoms with Crippen LogP contribution in [0.1, 0.15) is 51.4 Å². The molecule has 1 saturated heterocycles. The second-order valence-corrected chi connectivity index (χ2v) is 6.86. The van der Waals surface area contributed by atoms with E-state index in [2.05, 4.69) is 0 Å². The molecule has 4 nitrogen and oxygen atoms in total. The highest BCUT2D eigenvalue weighted by molar-refractivity contribution is 7.89. The van der Waals surface area contributed by atoms with Gasteiger partial charge in [-0.1, -0.05) is 25.7 Å². The molecule has 1 atom stereocenters. The van der Waals surface area contributed by atoms with Crippen molar-refractivity contribution < 1.29 is 13.2 Å². The molecule has 0 bridgehead atoms. The van der Waals surface area contributed by atoms with Crippen LogP contribution in [-0.2, 0) is 14.8 Å². The fourth-order valence-electron chi connectivity index (χ4n) is 3.01. The lowest BCUT2D eigenvalue weighted by atomic mass is 9.91. The topological polar surface area (TPSA) is 69.4 Å². The van der Waals surface area contributed by atoms with Crippen LogP contribution in [0.15, 0.2) is 0 Å². The van der Waals surface area contributed by atoms with E-state index in [-0.39, 0.29) is 17.5 Å². The average molecular weight is 247 g/mol. The molecule has 0 aromatic heterocycles. The van der Waals surface area contributed by atoms with Crippen molar-refractivity contribution in [3.8, 4) is 0 Å². The first kappa shape index (κ1) is 12.3. The predicted molar refractivity (Wildman–Crippen MR) is 62.5 cm³/mol. The third-order valence-electron chi connectivity index (χ3n) is 3.77. The molecule has 1 saturated carbocycles. The summed E-state index contributed by atoms with van der Waals surface area (Å²) in [7, 11) is -3.40. The summed E-state index contributed by atoms with van der Waals surface area (Å²) >= 11 is 0. The monoisotopic (exact) mass is 247 g/mol. The summed E-state index contributed by atoms with van der Waals surface area (Å²) in [5, 5.41) is 5.06. The summed E-state index contributed by atoms with van der Waals surface area (Å²) in [5.74, 6) is -0.0191. The fraction of sp³-hybridized carbons (Fsp3) is 1.00. The van der Waals surface area contributed by atoms with Crippen molar-refractivity contribution in [2.45, 2.75) is 63.1 Å². The maximum atomic E-state index is 11.0. The summed E-state index contributed by atoms with van der Waals surface area (Å²) in [5.41, 5.74) is -0.0220. The summed E-state index contributed by atoms with van der Waals surface area (Å²) in [6, 6.07) is 0. The van der Waals surface area contributed by atoms with Crippen molar-refractivity contribution in [3.63, 3.8) is 0 Å². The molecule has 2 N–H and O–H groups in total. The van der Waals surface area contributed by atoms with Crippen LogP contribution in [0.3, 0.4) is 0 Å². The Morgan fingerprint density at radius 1 is 1.12 bits per heavy atom. The molecule has 2 fully saturated rings. The third-order valence-corrected chi connectivity index (χ3v) is 4.61. The molecule has 2 aliphatic rings. The third kappa shape index (κ3) is 3.18. The standard InChI is InChI=1S/C11H21NO3S/c12-16(13,14)9-10-5-8-11(15-10)6-3-1-2-4-7-11/h10H,1-9H2,(H2,12,13,14). The molecule has 1 aliphatic carbocycles. The zero-order valence-electron chi connectivity index (χ0n) is 9.65. The van der Waals surface area contributed by atoms with Gasteiger partial charge in [0, 0.05) is 0 Å². The lowest BCUT2D eigenvalue weighted by Gasteiger charge is -2.28. The number of sulfonamides is 1. The number of nitrogens with two attached hydrogens (primary N) is 1. The maximum absolute atomic E-state index is 11.0. The maximum Gasteiger partial charge on any atom is 0.211 e. The fourth-order valence-corrected chi connectivity index (χ4v) is 3.77. The molecule has 1 unspecified atom stereocenters. The van der Waals surface area contributed by atoms with Gasteiger partial charge in [-0.05, 0) is 25.7 Å². The molecule has 0 amide bonds. The summed E-state index contributed by atoms with van der Waals surface area (Å²) in [6.45, 7) is 0. The Morgan fingerprint density at radius 3 is 2.31 bits per heavy atom. The first-order valence-corrected chi connectivity index (χ1v) is 7.89. The van der Waals surface area contributed by atoms with Gasteiger partial charge in [-0.15, -0.1) is 0 Å². The van der Waals surface area contributed by atoms with Crippen molar-refractivity contribution in [2.75, 3.05) is 5.75 Å². The number of hydrogen-bond acceptors (Lipinski definition) is 3. The van der Waals surface area contributed by atoms with Crippen molar-refractivity contribution in [1.29, 1.82) is 0 Å². The van der Waals surface area contributed by atoms with E-state index >= 15 is 0 Å². The minimum Gasteiger partial charge on any atom is -0.371 e. The van der Waals surface area contributed by atoms with Gasteiger partial charge in [0.1, 0.15) is 0 Å². The second-order valence-electron chi connectivity index (χ2n) is 5.21. The normalized spacial score (nSPS) is 30.4. The SMILES string of the molecule is NS(=O)(=O)CC1CCC2(CCCCCC2)O1. The minimum absolute atomic E-state index is 0.0191. The van der Waals surface area contributed by atoms with Crippen molar-refractivity contribution in [2.24, 2.45) is 5.14 Å². The van der Waals surface area contributed by atoms with E-state index < -0.39 is 10.0 Å². The Bertz CT molecular complexity index is 331. The van der Waals surface area contributed by atoms with Crippen molar-refractivity contribution in [1.82, 2.24) is 0 Å². The number of rotatable bonds is 2. The van der Waals surface area contributed by atoms with Gasteiger partial charge in [-0.25, -0.2) is 13.6 Å². The summed E-state index contributed by atoms with van der Waals surface area (Å²) in [4.78, 5) is 0. The zero-order chi connectivity index (χ0) is 11.6. The Kier molecular flexibility index (Phi) is 3.56. The average Bonchev–Trinajstić information content (AvgIpc) is 2.41. The van der Waals surface area contributed by atoms with Gasteiger partial charge in [0.05, 0.1) is 17.5 Å². The van der Waals surface area contributed by atoms with Gasteiger partial charge in [0.15, 0.2) is 0 Å². The molecule has 2 rings (SSSR count). The molecule has 1 aliphatic heterocycles. The van der Waals surface area contributed by atoms with Crippen LogP contribution < -0.4 is 5.14 Å². The molecule has 5 heteroatoms. The van der Waals surface area contributed by atoms with Crippen LogP contribution in [0.25, 0.3) is 0 Å². The first-order chi connectivity index (χ1) is 7.49. The minimum atomic E-state index is -3.40. The zero-order valence-corrected chi connectivity index (χ0v) is 10.5. The van der Waals surface area contributed by atoms with Crippen LogP contribution in [-0.4, -0.2) is 25.9 Å². The van der Waals surface area contributed by atoms with E-state index in [1.165, 1.54) is 25.7 Å². The van der Waals surface area contributed by atoms with Gasteiger partial charge in [0.25, 0.3) is 0 Å². The molecule has 94 valence electrons. The second kappa shape index (κ2) is 4.63.